The molecule has 1 heterocycles. The summed E-state index contributed by atoms with van der Waals surface area (Å²) in [5.74, 6) is -0.252. The number of carbonyl (C=O) groups is 2. The van der Waals surface area contributed by atoms with Gasteiger partial charge >= 0.3 is 6.09 Å². The summed E-state index contributed by atoms with van der Waals surface area (Å²) in [7, 11) is 1.29. The predicted octanol–water partition coefficient (Wildman–Crippen LogP) is 3.36. The molecule has 3 aromatic rings. The van der Waals surface area contributed by atoms with Crippen molar-refractivity contribution in [3.8, 4) is 0 Å². The molecule has 0 atom stereocenters. The Hall–Kier alpha value is -3.61. The van der Waals surface area contributed by atoms with Gasteiger partial charge in [0.15, 0.2) is 0 Å². The van der Waals surface area contributed by atoms with Crippen molar-refractivity contribution in [1.29, 1.82) is 0 Å². The lowest BCUT2D eigenvalue weighted by atomic mass is 10.2. The molecule has 0 bridgehead atoms. The Kier molecular flexibility index (Phi) is 5.28. The number of nitrogens with one attached hydrogen (secondary N) is 2. The third-order valence-electron chi connectivity index (χ3n) is 3.66. The first-order valence-electron chi connectivity index (χ1n) is 7.97. The van der Waals surface area contributed by atoms with Gasteiger partial charge in [-0.1, -0.05) is 30.3 Å². The summed E-state index contributed by atoms with van der Waals surface area (Å²) in [6.07, 6.45) is 2.69. The highest BCUT2D eigenvalue weighted by molar-refractivity contribution is 6.04. The van der Waals surface area contributed by atoms with E-state index in [-0.39, 0.29) is 5.91 Å². The maximum atomic E-state index is 12.3. The summed E-state index contributed by atoms with van der Waals surface area (Å²) >= 11 is 0. The normalized spacial score (nSPS) is 10.2. The standard InChI is InChI=1S/C19H18N4O3/c1-26-19(25)22-17-9-7-16(8-10-17)21-18(24)15-11-20-23(13-15)12-14-5-3-2-4-6-14/h2-11,13H,12H2,1H3,(H,21,24)(H,22,25). The Morgan fingerprint density at radius 3 is 2.31 bits per heavy atom. The number of methoxy groups -OCH3 is 1. The van der Waals surface area contributed by atoms with Gasteiger partial charge in [0.25, 0.3) is 5.91 Å². The van der Waals surface area contributed by atoms with Crippen LogP contribution in [0.5, 0.6) is 0 Å². The first kappa shape index (κ1) is 17.2. The van der Waals surface area contributed by atoms with E-state index in [0.717, 1.165) is 5.56 Å². The molecule has 0 aliphatic carbocycles. The molecule has 26 heavy (non-hydrogen) atoms. The van der Waals surface area contributed by atoms with E-state index in [1.54, 1.807) is 35.1 Å². The van der Waals surface area contributed by atoms with Crippen LogP contribution in [0, 0.1) is 0 Å². The fourth-order valence-electron chi connectivity index (χ4n) is 2.35. The van der Waals surface area contributed by atoms with Crippen LogP contribution < -0.4 is 10.6 Å². The van der Waals surface area contributed by atoms with Gasteiger partial charge in [-0.15, -0.1) is 0 Å². The maximum Gasteiger partial charge on any atom is 0.411 e. The van der Waals surface area contributed by atoms with Crippen LogP contribution in [0.3, 0.4) is 0 Å². The number of benzene rings is 2. The second-order valence-electron chi connectivity index (χ2n) is 5.56. The number of carbonyl (C=O) groups excluding carboxylic acids is 2. The highest BCUT2D eigenvalue weighted by Gasteiger charge is 2.09. The van der Waals surface area contributed by atoms with E-state index < -0.39 is 6.09 Å². The lowest BCUT2D eigenvalue weighted by molar-refractivity contribution is 0.102. The molecular weight excluding hydrogens is 332 g/mol. The minimum Gasteiger partial charge on any atom is -0.453 e. The van der Waals surface area contributed by atoms with Gasteiger partial charge in [-0.05, 0) is 29.8 Å². The average Bonchev–Trinajstić information content (AvgIpc) is 3.12. The smallest absolute Gasteiger partial charge is 0.411 e. The fraction of sp³-hybridized carbons (Fsp3) is 0.105. The molecule has 2 amide bonds. The number of nitrogens with zero attached hydrogens (tertiary/aromatic N) is 2. The summed E-state index contributed by atoms with van der Waals surface area (Å²) < 4.78 is 6.24. The zero-order valence-electron chi connectivity index (χ0n) is 14.2. The van der Waals surface area contributed by atoms with Gasteiger partial charge in [0.2, 0.25) is 0 Å². The van der Waals surface area contributed by atoms with E-state index in [1.807, 2.05) is 30.3 Å². The van der Waals surface area contributed by atoms with Gasteiger partial charge in [0, 0.05) is 17.6 Å². The summed E-state index contributed by atoms with van der Waals surface area (Å²) in [5.41, 5.74) is 2.76. The first-order valence-corrected chi connectivity index (χ1v) is 7.97. The van der Waals surface area contributed by atoms with Crippen molar-refractivity contribution >= 4 is 23.4 Å². The molecule has 7 heteroatoms. The summed E-state index contributed by atoms with van der Waals surface area (Å²) in [5, 5.41) is 9.56. The monoisotopic (exact) mass is 350 g/mol. The molecule has 0 unspecified atom stereocenters. The maximum absolute atomic E-state index is 12.3. The molecule has 2 N–H and O–H groups in total. The third-order valence-corrected chi connectivity index (χ3v) is 3.66. The van der Waals surface area contributed by atoms with Crippen LogP contribution in [0.4, 0.5) is 16.2 Å². The van der Waals surface area contributed by atoms with Crippen molar-refractivity contribution in [2.75, 3.05) is 17.7 Å². The Morgan fingerprint density at radius 2 is 1.65 bits per heavy atom. The molecule has 0 saturated carbocycles. The molecule has 0 fully saturated rings. The minimum atomic E-state index is -0.549. The SMILES string of the molecule is COC(=O)Nc1ccc(NC(=O)c2cnn(Cc3ccccc3)c2)cc1. The number of hydrogen-bond acceptors (Lipinski definition) is 4. The van der Waals surface area contributed by atoms with Crippen molar-refractivity contribution in [3.05, 3.63) is 78.1 Å². The van der Waals surface area contributed by atoms with Crippen molar-refractivity contribution in [1.82, 2.24) is 9.78 Å². The van der Waals surface area contributed by atoms with Gasteiger partial charge in [-0.3, -0.25) is 14.8 Å². The number of aromatic nitrogens is 2. The van der Waals surface area contributed by atoms with Crippen molar-refractivity contribution in [3.63, 3.8) is 0 Å². The lowest BCUT2D eigenvalue weighted by Crippen LogP contribution is -2.12. The molecular formula is C19H18N4O3. The van der Waals surface area contributed by atoms with Crippen LogP contribution >= 0.6 is 0 Å². The summed E-state index contributed by atoms with van der Waals surface area (Å²) in [6.45, 7) is 0.599. The Bertz CT molecular complexity index is 889. The minimum absolute atomic E-state index is 0.252. The Morgan fingerprint density at radius 1 is 1.00 bits per heavy atom. The predicted molar refractivity (Wildman–Crippen MR) is 98.2 cm³/mol. The van der Waals surface area contributed by atoms with Crippen LogP contribution in [0.25, 0.3) is 0 Å². The average molecular weight is 350 g/mol. The van der Waals surface area contributed by atoms with Crippen LogP contribution in [-0.4, -0.2) is 28.9 Å². The number of ether oxygens (including phenoxy) is 1. The van der Waals surface area contributed by atoms with Crippen LogP contribution in [-0.2, 0) is 11.3 Å². The lowest BCUT2D eigenvalue weighted by Gasteiger charge is -2.06. The van der Waals surface area contributed by atoms with Crippen molar-refractivity contribution in [2.45, 2.75) is 6.54 Å². The van der Waals surface area contributed by atoms with Crippen molar-refractivity contribution in [2.24, 2.45) is 0 Å². The number of rotatable bonds is 5. The van der Waals surface area contributed by atoms with E-state index in [4.69, 9.17) is 0 Å². The zero-order valence-corrected chi connectivity index (χ0v) is 14.2. The zero-order chi connectivity index (χ0) is 18.4. The van der Waals surface area contributed by atoms with Gasteiger partial charge in [-0.25, -0.2) is 4.79 Å². The van der Waals surface area contributed by atoms with Gasteiger partial charge in [0.05, 0.1) is 25.4 Å². The molecule has 0 aliphatic heterocycles. The van der Waals surface area contributed by atoms with Crippen LogP contribution in [0.2, 0.25) is 0 Å². The molecule has 0 spiro atoms. The van der Waals surface area contributed by atoms with Crippen LogP contribution in [0.15, 0.2) is 67.0 Å². The molecule has 2 aromatic carbocycles. The van der Waals surface area contributed by atoms with E-state index in [0.29, 0.717) is 23.5 Å². The fourth-order valence-corrected chi connectivity index (χ4v) is 2.35. The van der Waals surface area contributed by atoms with E-state index in [9.17, 15) is 9.59 Å². The second kappa shape index (κ2) is 7.98. The van der Waals surface area contributed by atoms with E-state index in [1.165, 1.54) is 13.3 Å². The summed E-state index contributed by atoms with van der Waals surface area (Å²) in [6, 6.07) is 16.6. The van der Waals surface area contributed by atoms with Gasteiger partial charge in [0.1, 0.15) is 0 Å². The van der Waals surface area contributed by atoms with E-state index in [2.05, 4.69) is 20.5 Å². The molecule has 0 saturated heterocycles. The quantitative estimate of drug-likeness (QED) is 0.739. The molecule has 132 valence electrons. The second-order valence-corrected chi connectivity index (χ2v) is 5.56. The molecule has 0 radical (unpaired) electrons. The van der Waals surface area contributed by atoms with Crippen LogP contribution in [0.1, 0.15) is 15.9 Å². The molecule has 1 aromatic heterocycles. The highest BCUT2D eigenvalue weighted by atomic mass is 16.5. The van der Waals surface area contributed by atoms with Gasteiger partial charge in [-0.2, -0.15) is 5.10 Å². The molecule has 3 rings (SSSR count). The largest absolute Gasteiger partial charge is 0.453 e. The Labute approximate surface area is 150 Å². The van der Waals surface area contributed by atoms with Crippen molar-refractivity contribution < 1.29 is 14.3 Å². The molecule has 7 nitrogen and oxygen atoms in total. The number of hydrogen-bond donors (Lipinski definition) is 2. The number of amides is 2. The highest BCUT2D eigenvalue weighted by Crippen LogP contribution is 2.15. The topological polar surface area (TPSA) is 85.2 Å². The number of anilines is 2. The molecule has 0 aliphatic rings. The summed E-state index contributed by atoms with van der Waals surface area (Å²) in [4.78, 5) is 23.5. The van der Waals surface area contributed by atoms with E-state index >= 15 is 0 Å². The first-order chi connectivity index (χ1) is 12.6. The third kappa shape index (κ3) is 4.47. The Balaban J connectivity index is 1.60. The van der Waals surface area contributed by atoms with Gasteiger partial charge < -0.3 is 10.1 Å².